The van der Waals surface area contributed by atoms with Crippen LogP contribution < -0.4 is 5.32 Å². The molecule has 2 aromatic heterocycles. The Balaban J connectivity index is 1.82. The number of anilines is 1. The van der Waals surface area contributed by atoms with Crippen molar-refractivity contribution >= 4 is 43.9 Å². The van der Waals surface area contributed by atoms with Crippen molar-refractivity contribution in [2.45, 2.75) is 13.5 Å². The number of nitrogens with one attached hydrogen (secondary N) is 2. The molecule has 0 bridgehead atoms. The highest BCUT2D eigenvalue weighted by atomic mass is 79.9. The van der Waals surface area contributed by atoms with Gasteiger partial charge in [-0.05, 0) is 41.1 Å². The molecule has 0 aliphatic heterocycles. The number of H-pyrrole nitrogens is 1. The first-order valence-corrected chi connectivity index (χ1v) is 7.26. The Labute approximate surface area is 117 Å². The number of halogens is 1. The van der Waals surface area contributed by atoms with Crippen LogP contribution in [0.5, 0.6) is 0 Å². The van der Waals surface area contributed by atoms with Gasteiger partial charge in [-0.2, -0.15) is 5.10 Å². The van der Waals surface area contributed by atoms with Crippen molar-refractivity contribution in [3.05, 3.63) is 44.7 Å². The number of aromatic amines is 1. The van der Waals surface area contributed by atoms with Gasteiger partial charge in [0, 0.05) is 31.8 Å². The fourth-order valence-electron chi connectivity index (χ4n) is 1.91. The highest BCUT2D eigenvalue weighted by Crippen LogP contribution is 2.28. The molecule has 0 aliphatic carbocycles. The van der Waals surface area contributed by atoms with Crippen molar-refractivity contribution in [2.24, 2.45) is 0 Å². The second-order valence-electron chi connectivity index (χ2n) is 4.11. The first kappa shape index (κ1) is 11.7. The van der Waals surface area contributed by atoms with E-state index in [9.17, 15) is 0 Å². The van der Waals surface area contributed by atoms with Crippen LogP contribution in [0.1, 0.15) is 9.75 Å². The van der Waals surface area contributed by atoms with Crippen molar-refractivity contribution in [3.63, 3.8) is 0 Å². The number of nitrogens with zero attached hydrogens (tertiary/aromatic N) is 1. The van der Waals surface area contributed by atoms with E-state index < -0.39 is 0 Å². The van der Waals surface area contributed by atoms with E-state index in [1.54, 1.807) is 0 Å². The molecule has 0 aliphatic rings. The van der Waals surface area contributed by atoms with Crippen LogP contribution in [-0.4, -0.2) is 10.2 Å². The molecule has 2 N–H and O–H groups in total. The highest BCUT2D eigenvalue weighted by Gasteiger charge is 2.05. The number of hydrogen-bond donors (Lipinski definition) is 2. The SMILES string of the molecule is Cc1sc(CNc2cccc3[nH]ncc23)cc1Br. The van der Waals surface area contributed by atoms with Crippen LogP contribution in [-0.2, 0) is 6.54 Å². The molecule has 2 heterocycles. The van der Waals surface area contributed by atoms with Crippen molar-refractivity contribution < 1.29 is 0 Å². The molecule has 3 rings (SSSR count). The van der Waals surface area contributed by atoms with Gasteiger partial charge in [0.2, 0.25) is 0 Å². The third-order valence-electron chi connectivity index (χ3n) is 2.85. The molecule has 0 spiro atoms. The van der Waals surface area contributed by atoms with E-state index in [1.807, 2.05) is 29.7 Å². The summed E-state index contributed by atoms with van der Waals surface area (Å²) < 4.78 is 1.19. The van der Waals surface area contributed by atoms with Crippen LogP contribution in [0.2, 0.25) is 0 Å². The Hall–Kier alpha value is -1.33. The monoisotopic (exact) mass is 321 g/mol. The molecule has 0 atom stereocenters. The third-order valence-corrected chi connectivity index (χ3v) is 4.98. The molecule has 92 valence electrons. The maximum atomic E-state index is 4.07. The average molecular weight is 322 g/mol. The summed E-state index contributed by atoms with van der Waals surface area (Å²) in [5, 5.41) is 11.6. The number of fused-ring (bicyclic) bond motifs is 1. The second-order valence-corrected chi connectivity index (χ2v) is 6.30. The topological polar surface area (TPSA) is 40.7 Å². The van der Waals surface area contributed by atoms with Crippen LogP contribution in [0.3, 0.4) is 0 Å². The molecule has 1 aromatic carbocycles. The lowest BCUT2D eigenvalue weighted by atomic mass is 10.2. The molecular formula is C13H12BrN3S. The van der Waals surface area contributed by atoms with Crippen molar-refractivity contribution in [1.82, 2.24) is 10.2 Å². The zero-order chi connectivity index (χ0) is 12.5. The number of benzene rings is 1. The maximum absolute atomic E-state index is 4.07. The van der Waals surface area contributed by atoms with Crippen LogP contribution in [0.25, 0.3) is 10.9 Å². The Morgan fingerprint density at radius 2 is 2.33 bits per heavy atom. The lowest BCUT2D eigenvalue weighted by Crippen LogP contribution is -1.97. The van der Waals surface area contributed by atoms with E-state index in [2.05, 4.69) is 50.5 Å². The molecular weight excluding hydrogens is 310 g/mol. The minimum Gasteiger partial charge on any atom is -0.380 e. The smallest absolute Gasteiger partial charge is 0.0671 e. The molecule has 3 aromatic rings. The molecule has 0 saturated heterocycles. The fraction of sp³-hybridized carbons (Fsp3) is 0.154. The van der Waals surface area contributed by atoms with Crippen LogP contribution >= 0.6 is 27.3 Å². The van der Waals surface area contributed by atoms with Gasteiger partial charge in [0.15, 0.2) is 0 Å². The Morgan fingerprint density at radius 1 is 1.44 bits per heavy atom. The standard InChI is InChI=1S/C13H12BrN3S/c1-8-11(14)5-9(18-8)6-15-12-3-2-4-13-10(12)7-16-17-13/h2-5,7,15H,6H2,1H3,(H,16,17). The van der Waals surface area contributed by atoms with Crippen molar-refractivity contribution in [3.8, 4) is 0 Å². The molecule has 0 radical (unpaired) electrons. The van der Waals surface area contributed by atoms with Crippen molar-refractivity contribution in [1.29, 1.82) is 0 Å². The number of hydrogen-bond acceptors (Lipinski definition) is 3. The lowest BCUT2D eigenvalue weighted by Gasteiger charge is -2.05. The first-order valence-electron chi connectivity index (χ1n) is 5.65. The molecule has 3 nitrogen and oxygen atoms in total. The van der Waals surface area contributed by atoms with Gasteiger partial charge in [-0.3, -0.25) is 5.10 Å². The Bertz CT molecular complexity index is 667. The first-order chi connectivity index (χ1) is 8.74. The summed E-state index contributed by atoms with van der Waals surface area (Å²) in [5.74, 6) is 0. The third kappa shape index (κ3) is 2.15. The van der Waals surface area contributed by atoms with Crippen LogP contribution in [0, 0.1) is 6.92 Å². The van der Waals surface area contributed by atoms with Gasteiger partial charge in [-0.25, -0.2) is 0 Å². The Kier molecular flexibility index (Phi) is 3.09. The van der Waals surface area contributed by atoms with E-state index in [0.717, 1.165) is 23.1 Å². The highest BCUT2D eigenvalue weighted by molar-refractivity contribution is 9.10. The van der Waals surface area contributed by atoms with E-state index in [-0.39, 0.29) is 0 Å². The quantitative estimate of drug-likeness (QED) is 0.754. The second kappa shape index (κ2) is 4.74. The summed E-state index contributed by atoms with van der Waals surface area (Å²) in [4.78, 5) is 2.63. The maximum Gasteiger partial charge on any atom is 0.0671 e. The van der Waals surface area contributed by atoms with Gasteiger partial charge in [-0.15, -0.1) is 11.3 Å². The minimum absolute atomic E-state index is 0.835. The lowest BCUT2D eigenvalue weighted by molar-refractivity contribution is 1.12. The van der Waals surface area contributed by atoms with E-state index in [0.29, 0.717) is 0 Å². The van der Waals surface area contributed by atoms with Gasteiger partial charge in [0.25, 0.3) is 0 Å². The molecule has 0 fully saturated rings. The van der Waals surface area contributed by atoms with Crippen molar-refractivity contribution in [2.75, 3.05) is 5.32 Å². The summed E-state index contributed by atoms with van der Waals surface area (Å²) in [6, 6.07) is 8.30. The molecule has 18 heavy (non-hydrogen) atoms. The van der Waals surface area contributed by atoms with E-state index >= 15 is 0 Å². The van der Waals surface area contributed by atoms with Gasteiger partial charge in [0.05, 0.1) is 11.7 Å². The van der Waals surface area contributed by atoms with Crippen LogP contribution in [0.15, 0.2) is 34.9 Å². The van der Waals surface area contributed by atoms with Crippen LogP contribution in [0.4, 0.5) is 5.69 Å². The van der Waals surface area contributed by atoms with Gasteiger partial charge >= 0.3 is 0 Å². The number of aromatic nitrogens is 2. The largest absolute Gasteiger partial charge is 0.380 e. The molecule has 0 amide bonds. The number of thiophene rings is 1. The number of aryl methyl sites for hydroxylation is 1. The normalized spacial score (nSPS) is 11.0. The molecule has 5 heteroatoms. The summed E-state index contributed by atoms with van der Waals surface area (Å²) in [6.45, 7) is 2.95. The van der Waals surface area contributed by atoms with Gasteiger partial charge in [0.1, 0.15) is 0 Å². The summed E-state index contributed by atoms with van der Waals surface area (Å²) in [6.07, 6.45) is 1.85. The predicted molar refractivity (Wildman–Crippen MR) is 80.2 cm³/mol. The number of rotatable bonds is 3. The summed E-state index contributed by atoms with van der Waals surface area (Å²) in [7, 11) is 0. The Morgan fingerprint density at radius 3 is 3.11 bits per heavy atom. The molecule has 0 unspecified atom stereocenters. The van der Waals surface area contributed by atoms with E-state index in [1.165, 1.54) is 14.2 Å². The summed E-state index contributed by atoms with van der Waals surface area (Å²) in [5.41, 5.74) is 2.17. The fourth-order valence-corrected chi connectivity index (χ4v) is 3.45. The zero-order valence-corrected chi connectivity index (χ0v) is 12.2. The summed E-state index contributed by atoms with van der Waals surface area (Å²) >= 11 is 5.35. The molecule has 0 saturated carbocycles. The van der Waals surface area contributed by atoms with Gasteiger partial charge in [-0.1, -0.05) is 6.07 Å². The zero-order valence-electron chi connectivity index (χ0n) is 9.83. The predicted octanol–water partition coefficient (Wildman–Crippen LogP) is 4.31. The minimum atomic E-state index is 0.835. The van der Waals surface area contributed by atoms with Gasteiger partial charge < -0.3 is 5.32 Å². The average Bonchev–Trinajstić information content (AvgIpc) is 2.94. The van der Waals surface area contributed by atoms with E-state index in [4.69, 9.17) is 0 Å².